The van der Waals surface area contributed by atoms with Crippen molar-refractivity contribution in [2.75, 3.05) is 7.11 Å². The van der Waals surface area contributed by atoms with E-state index in [4.69, 9.17) is 10.5 Å². The third kappa shape index (κ3) is 3.34. The second kappa shape index (κ2) is 4.71. The second-order valence-electron chi connectivity index (χ2n) is 2.51. The van der Waals surface area contributed by atoms with Crippen molar-refractivity contribution in [3.05, 3.63) is 0 Å². The van der Waals surface area contributed by atoms with Crippen molar-refractivity contribution in [1.29, 1.82) is 0 Å². The molecule has 0 fully saturated rings. The van der Waals surface area contributed by atoms with Gasteiger partial charge in [-0.2, -0.15) is 0 Å². The average molecular weight is 174 g/mol. The van der Waals surface area contributed by atoms with Crippen LogP contribution in [0.4, 0.5) is 0 Å². The highest BCUT2D eigenvalue weighted by molar-refractivity contribution is 5.87. The van der Waals surface area contributed by atoms with Crippen molar-refractivity contribution < 1.29 is 14.3 Å². The standard InChI is InChI=1S/C7H14N2O3/c1-4(6(8)10)9-7(11)5(2)12-3/h4-5H,1-3H3,(H2,8,10)(H,9,11). The summed E-state index contributed by atoms with van der Waals surface area (Å²) in [6, 6.07) is -0.657. The maximum Gasteiger partial charge on any atom is 0.249 e. The summed E-state index contributed by atoms with van der Waals surface area (Å²) in [4.78, 5) is 21.6. The first-order chi connectivity index (χ1) is 5.49. The molecule has 0 aliphatic heterocycles. The monoisotopic (exact) mass is 174 g/mol. The molecule has 0 aliphatic carbocycles. The summed E-state index contributed by atoms with van der Waals surface area (Å²) in [5.41, 5.74) is 4.93. The summed E-state index contributed by atoms with van der Waals surface area (Å²) >= 11 is 0. The fourth-order valence-electron chi connectivity index (χ4n) is 0.509. The first-order valence-electron chi connectivity index (χ1n) is 3.61. The quantitative estimate of drug-likeness (QED) is 0.574. The van der Waals surface area contributed by atoms with Crippen LogP contribution < -0.4 is 11.1 Å². The molecule has 0 spiro atoms. The Hall–Kier alpha value is -1.10. The maximum atomic E-state index is 11.0. The van der Waals surface area contributed by atoms with Crippen LogP contribution in [-0.2, 0) is 14.3 Å². The lowest BCUT2D eigenvalue weighted by Crippen LogP contribution is -2.46. The second-order valence-corrected chi connectivity index (χ2v) is 2.51. The van der Waals surface area contributed by atoms with Crippen LogP contribution in [0.5, 0.6) is 0 Å². The van der Waals surface area contributed by atoms with E-state index in [9.17, 15) is 9.59 Å². The van der Waals surface area contributed by atoms with Crippen molar-refractivity contribution in [2.45, 2.75) is 26.0 Å². The molecular formula is C7H14N2O3. The van der Waals surface area contributed by atoms with Crippen molar-refractivity contribution in [2.24, 2.45) is 5.73 Å². The Kier molecular flexibility index (Phi) is 4.28. The van der Waals surface area contributed by atoms with E-state index in [0.717, 1.165) is 0 Å². The molecule has 0 heterocycles. The van der Waals surface area contributed by atoms with Gasteiger partial charge in [-0.15, -0.1) is 0 Å². The minimum absolute atomic E-state index is 0.344. The topological polar surface area (TPSA) is 81.4 Å². The highest BCUT2D eigenvalue weighted by Crippen LogP contribution is 1.88. The fourth-order valence-corrected chi connectivity index (χ4v) is 0.509. The summed E-state index contributed by atoms with van der Waals surface area (Å²) in [7, 11) is 1.42. The predicted molar refractivity (Wildman–Crippen MR) is 43.3 cm³/mol. The number of carbonyl (C=O) groups excluding carboxylic acids is 2. The summed E-state index contributed by atoms with van der Waals surface area (Å²) < 4.78 is 4.73. The van der Waals surface area contributed by atoms with Gasteiger partial charge >= 0.3 is 0 Å². The number of nitrogens with one attached hydrogen (secondary N) is 1. The maximum absolute atomic E-state index is 11.0. The molecule has 70 valence electrons. The van der Waals surface area contributed by atoms with Gasteiger partial charge in [-0.25, -0.2) is 0 Å². The van der Waals surface area contributed by atoms with E-state index in [1.165, 1.54) is 14.0 Å². The number of amides is 2. The van der Waals surface area contributed by atoms with Crippen LogP contribution in [-0.4, -0.2) is 31.1 Å². The lowest BCUT2D eigenvalue weighted by atomic mass is 10.3. The average Bonchev–Trinajstić information content (AvgIpc) is 2.02. The van der Waals surface area contributed by atoms with Crippen LogP contribution in [0.2, 0.25) is 0 Å². The summed E-state index contributed by atoms with van der Waals surface area (Å²) in [5.74, 6) is -0.907. The molecule has 0 aromatic carbocycles. The number of methoxy groups -OCH3 is 1. The Morgan fingerprint density at radius 2 is 1.92 bits per heavy atom. The predicted octanol–water partition coefficient (Wildman–Crippen LogP) is -0.989. The van der Waals surface area contributed by atoms with Crippen LogP contribution in [0.25, 0.3) is 0 Å². The van der Waals surface area contributed by atoms with Gasteiger partial charge in [-0.1, -0.05) is 0 Å². The van der Waals surface area contributed by atoms with Crippen molar-refractivity contribution in [3.63, 3.8) is 0 Å². The Morgan fingerprint density at radius 1 is 1.42 bits per heavy atom. The molecule has 2 atom stereocenters. The molecule has 0 aromatic heterocycles. The van der Waals surface area contributed by atoms with Gasteiger partial charge in [0.2, 0.25) is 11.8 Å². The van der Waals surface area contributed by atoms with Gasteiger partial charge in [0.1, 0.15) is 12.1 Å². The molecular weight excluding hydrogens is 160 g/mol. The van der Waals surface area contributed by atoms with Crippen molar-refractivity contribution in [3.8, 4) is 0 Å². The zero-order valence-electron chi connectivity index (χ0n) is 7.46. The first kappa shape index (κ1) is 10.9. The van der Waals surface area contributed by atoms with Gasteiger partial charge in [0.25, 0.3) is 0 Å². The Balaban J connectivity index is 3.92. The lowest BCUT2D eigenvalue weighted by molar-refractivity contribution is -0.133. The summed E-state index contributed by atoms with van der Waals surface area (Å²) in [6.45, 7) is 3.10. The number of primary amides is 1. The molecule has 2 amide bonds. The van der Waals surface area contributed by atoms with E-state index in [0.29, 0.717) is 0 Å². The zero-order valence-corrected chi connectivity index (χ0v) is 7.46. The number of rotatable bonds is 4. The van der Waals surface area contributed by atoms with E-state index in [1.807, 2.05) is 0 Å². The first-order valence-corrected chi connectivity index (χ1v) is 3.61. The highest BCUT2D eigenvalue weighted by Gasteiger charge is 2.16. The normalized spacial score (nSPS) is 14.9. The molecule has 0 bridgehead atoms. The third-order valence-corrected chi connectivity index (χ3v) is 1.51. The number of ether oxygens (including phenoxy) is 1. The Labute approximate surface area is 71.3 Å². The smallest absolute Gasteiger partial charge is 0.249 e. The van der Waals surface area contributed by atoms with E-state index in [1.54, 1.807) is 6.92 Å². The van der Waals surface area contributed by atoms with Crippen LogP contribution >= 0.6 is 0 Å². The van der Waals surface area contributed by atoms with Crippen LogP contribution in [0.3, 0.4) is 0 Å². The van der Waals surface area contributed by atoms with Crippen LogP contribution in [0.15, 0.2) is 0 Å². The minimum Gasteiger partial charge on any atom is -0.372 e. The van der Waals surface area contributed by atoms with Crippen molar-refractivity contribution in [1.82, 2.24) is 5.32 Å². The van der Waals surface area contributed by atoms with Crippen molar-refractivity contribution >= 4 is 11.8 Å². The minimum atomic E-state index is -0.657. The van der Waals surface area contributed by atoms with Gasteiger partial charge in [-0.05, 0) is 13.8 Å². The summed E-state index contributed by atoms with van der Waals surface area (Å²) in [6.07, 6.45) is -0.563. The molecule has 0 radical (unpaired) electrons. The Bertz CT molecular complexity index is 181. The Morgan fingerprint density at radius 3 is 2.25 bits per heavy atom. The van der Waals surface area contributed by atoms with Gasteiger partial charge in [0, 0.05) is 7.11 Å². The molecule has 0 saturated heterocycles. The molecule has 5 nitrogen and oxygen atoms in total. The van der Waals surface area contributed by atoms with Gasteiger partial charge in [0.05, 0.1) is 0 Å². The van der Waals surface area contributed by atoms with Crippen LogP contribution in [0, 0.1) is 0 Å². The van der Waals surface area contributed by atoms with E-state index in [2.05, 4.69) is 5.32 Å². The fraction of sp³-hybridized carbons (Fsp3) is 0.714. The summed E-state index contributed by atoms with van der Waals surface area (Å²) in [5, 5.41) is 2.39. The lowest BCUT2D eigenvalue weighted by Gasteiger charge is -2.13. The zero-order chi connectivity index (χ0) is 9.72. The van der Waals surface area contributed by atoms with E-state index < -0.39 is 18.1 Å². The van der Waals surface area contributed by atoms with Gasteiger partial charge in [-0.3, -0.25) is 9.59 Å². The molecule has 5 heteroatoms. The highest BCUT2D eigenvalue weighted by atomic mass is 16.5. The number of carbonyl (C=O) groups is 2. The SMILES string of the molecule is COC(C)C(=O)NC(C)C(N)=O. The van der Waals surface area contributed by atoms with E-state index >= 15 is 0 Å². The molecule has 12 heavy (non-hydrogen) atoms. The molecule has 0 aliphatic rings. The third-order valence-electron chi connectivity index (χ3n) is 1.51. The van der Waals surface area contributed by atoms with E-state index in [-0.39, 0.29) is 5.91 Å². The molecule has 0 aromatic rings. The van der Waals surface area contributed by atoms with Crippen LogP contribution in [0.1, 0.15) is 13.8 Å². The van der Waals surface area contributed by atoms with Gasteiger partial charge in [0.15, 0.2) is 0 Å². The molecule has 2 unspecified atom stereocenters. The number of hydrogen-bond donors (Lipinski definition) is 2. The number of nitrogens with two attached hydrogens (primary N) is 1. The number of hydrogen-bond acceptors (Lipinski definition) is 3. The largest absolute Gasteiger partial charge is 0.372 e. The molecule has 3 N–H and O–H groups in total. The molecule has 0 saturated carbocycles. The van der Waals surface area contributed by atoms with Gasteiger partial charge < -0.3 is 15.8 Å². The molecule has 0 rings (SSSR count).